The van der Waals surface area contributed by atoms with E-state index in [2.05, 4.69) is 41.1 Å². The van der Waals surface area contributed by atoms with Crippen LogP contribution in [0.3, 0.4) is 0 Å². The third kappa shape index (κ3) is 2.74. The highest BCUT2D eigenvalue weighted by Gasteiger charge is 2.40. The number of amides is 1. The highest BCUT2D eigenvalue weighted by atomic mass is 16.2. The maximum Gasteiger partial charge on any atom is 0.238 e. The van der Waals surface area contributed by atoms with Gasteiger partial charge in [0, 0.05) is 30.6 Å². The fourth-order valence-corrected chi connectivity index (χ4v) is 3.34. The zero-order valence-corrected chi connectivity index (χ0v) is 12.9. The van der Waals surface area contributed by atoms with Crippen LogP contribution in [0.25, 0.3) is 0 Å². The number of rotatable bonds is 1. The van der Waals surface area contributed by atoms with Crippen molar-refractivity contribution < 1.29 is 4.79 Å². The molecule has 2 aromatic rings. The maximum absolute atomic E-state index is 12.0. The second-order valence-electron chi connectivity index (χ2n) is 5.99. The Hall–Kier alpha value is -2.57. The van der Waals surface area contributed by atoms with Crippen LogP contribution in [0.5, 0.6) is 0 Å². The summed E-state index contributed by atoms with van der Waals surface area (Å²) < 4.78 is 0. The summed E-state index contributed by atoms with van der Waals surface area (Å²) >= 11 is 0. The number of hydrazine groups is 1. The van der Waals surface area contributed by atoms with Crippen molar-refractivity contribution in [1.82, 2.24) is 10.0 Å². The summed E-state index contributed by atoms with van der Waals surface area (Å²) in [5, 5.41) is 4.13. The molecule has 2 aliphatic heterocycles. The first-order chi connectivity index (χ1) is 11.3. The fraction of sp³-hybridized carbons (Fsp3) is 0.250. The van der Waals surface area contributed by atoms with Gasteiger partial charge >= 0.3 is 0 Å². The van der Waals surface area contributed by atoms with E-state index in [1.807, 2.05) is 35.3 Å². The van der Waals surface area contributed by atoms with E-state index in [0.29, 0.717) is 6.42 Å². The Morgan fingerprint density at radius 3 is 2.30 bits per heavy atom. The first-order valence-electron chi connectivity index (χ1n) is 8.05. The first-order valence-corrected chi connectivity index (χ1v) is 8.05. The topological polar surface area (TPSA) is 23.6 Å². The van der Waals surface area contributed by atoms with Crippen molar-refractivity contribution in [3.63, 3.8) is 0 Å². The molecule has 3 heteroatoms. The lowest BCUT2D eigenvalue weighted by Gasteiger charge is -2.24. The van der Waals surface area contributed by atoms with Gasteiger partial charge in [-0.3, -0.25) is 9.80 Å². The number of hydrogen-bond donors (Lipinski definition) is 0. The lowest BCUT2D eigenvalue weighted by Crippen LogP contribution is -2.33. The number of fused-ring (bicyclic) bond motifs is 1. The minimum absolute atomic E-state index is 0.195. The number of carbonyl (C=O) groups excluding carboxylic acids is 1. The summed E-state index contributed by atoms with van der Waals surface area (Å²) in [7, 11) is 0. The van der Waals surface area contributed by atoms with Crippen LogP contribution >= 0.6 is 0 Å². The molecule has 4 rings (SSSR count). The minimum Gasteiger partial charge on any atom is -0.275 e. The summed E-state index contributed by atoms with van der Waals surface area (Å²) in [4.78, 5) is 12.0. The predicted octanol–water partition coefficient (Wildman–Crippen LogP) is 2.98. The Morgan fingerprint density at radius 2 is 1.57 bits per heavy atom. The Bertz CT molecular complexity index is 771. The van der Waals surface area contributed by atoms with Gasteiger partial charge in [0.05, 0.1) is 6.04 Å². The van der Waals surface area contributed by atoms with Gasteiger partial charge in [0.15, 0.2) is 0 Å². The minimum atomic E-state index is 0.195. The van der Waals surface area contributed by atoms with E-state index in [1.54, 1.807) is 0 Å². The molecule has 1 atom stereocenters. The molecule has 2 heterocycles. The summed E-state index contributed by atoms with van der Waals surface area (Å²) in [6.45, 7) is 1.85. The van der Waals surface area contributed by atoms with E-state index in [1.165, 1.54) is 5.56 Å². The van der Waals surface area contributed by atoms with Crippen molar-refractivity contribution in [2.45, 2.75) is 18.9 Å². The largest absolute Gasteiger partial charge is 0.275 e. The Labute approximate surface area is 136 Å². The van der Waals surface area contributed by atoms with Crippen LogP contribution in [-0.4, -0.2) is 29.0 Å². The molecular formula is C20H18N2O. The van der Waals surface area contributed by atoms with Crippen molar-refractivity contribution in [1.29, 1.82) is 0 Å². The van der Waals surface area contributed by atoms with E-state index in [0.717, 1.165) is 30.6 Å². The average Bonchev–Trinajstić information content (AvgIpc) is 3.19. The van der Waals surface area contributed by atoms with Gasteiger partial charge in [-0.25, -0.2) is 5.01 Å². The van der Waals surface area contributed by atoms with Crippen LogP contribution < -0.4 is 0 Å². The van der Waals surface area contributed by atoms with Crippen molar-refractivity contribution in [2.75, 3.05) is 13.1 Å². The monoisotopic (exact) mass is 302 g/mol. The quantitative estimate of drug-likeness (QED) is 0.756. The van der Waals surface area contributed by atoms with Crippen LogP contribution in [0.15, 0.2) is 54.6 Å². The lowest BCUT2D eigenvalue weighted by molar-refractivity contribution is -0.134. The molecule has 0 N–H and O–H groups in total. The molecule has 0 saturated carbocycles. The summed E-state index contributed by atoms with van der Waals surface area (Å²) in [5.74, 6) is 6.61. The van der Waals surface area contributed by atoms with Crippen molar-refractivity contribution in [2.24, 2.45) is 0 Å². The van der Waals surface area contributed by atoms with E-state index in [9.17, 15) is 4.79 Å². The Morgan fingerprint density at radius 1 is 0.870 bits per heavy atom. The first kappa shape index (κ1) is 14.0. The molecule has 2 aliphatic rings. The molecule has 2 fully saturated rings. The molecule has 2 saturated heterocycles. The Balaban J connectivity index is 1.53. The number of hydrogen-bond acceptors (Lipinski definition) is 2. The van der Waals surface area contributed by atoms with Crippen LogP contribution in [0.1, 0.15) is 35.6 Å². The zero-order valence-electron chi connectivity index (χ0n) is 12.9. The van der Waals surface area contributed by atoms with Gasteiger partial charge in [-0.15, -0.1) is 0 Å². The summed E-state index contributed by atoms with van der Waals surface area (Å²) in [6, 6.07) is 18.5. The van der Waals surface area contributed by atoms with Gasteiger partial charge in [-0.1, -0.05) is 42.2 Å². The van der Waals surface area contributed by atoms with Crippen LogP contribution in [0.2, 0.25) is 0 Å². The van der Waals surface area contributed by atoms with Crippen molar-refractivity contribution in [3.05, 3.63) is 71.3 Å². The Kier molecular flexibility index (Phi) is 3.61. The maximum atomic E-state index is 12.0. The van der Waals surface area contributed by atoms with Gasteiger partial charge in [0.1, 0.15) is 0 Å². The standard InChI is InChI=1S/C20H18N2O/c23-20-15-19(21-13-4-14-22(20)21)18-11-9-17(10-12-18)8-7-16-5-2-1-3-6-16/h1-3,5-6,9-12,19H,4,13-15H2. The molecular weight excluding hydrogens is 284 g/mol. The third-order valence-corrected chi connectivity index (χ3v) is 4.50. The van der Waals surface area contributed by atoms with Gasteiger partial charge in [-0.2, -0.15) is 0 Å². The van der Waals surface area contributed by atoms with E-state index in [4.69, 9.17) is 0 Å². The molecule has 0 aliphatic carbocycles. The highest BCUT2D eigenvalue weighted by molar-refractivity contribution is 5.79. The zero-order chi connectivity index (χ0) is 15.6. The molecule has 1 unspecified atom stereocenters. The molecule has 2 aromatic carbocycles. The molecule has 3 nitrogen and oxygen atoms in total. The fourth-order valence-electron chi connectivity index (χ4n) is 3.34. The molecule has 0 radical (unpaired) electrons. The SMILES string of the molecule is O=C1CC(c2ccc(C#Cc3ccccc3)cc2)N2CCCN12. The molecule has 0 bridgehead atoms. The summed E-state index contributed by atoms with van der Waals surface area (Å²) in [5.41, 5.74) is 3.22. The van der Waals surface area contributed by atoms with E-state index in [-0.39, 0.29) is 11.9 Å². The normalized spacial score (nSPS) is 20.3. The second kappa shape index (κ2) is 5.91. The van der Waals surface area contributed by atoms with E-state index < -0.39 is 0 Å². The van der Waals surface area contributed by atoms with Crippen LogP contribution in [-0.2, 0) is 4.79 Å². The van der Waals surface area contributed by atoms with Crippen LogP contribution in [0.4, 0.5) is 0 Å². The molecule has 114 valence electrons. The smallest absolute Gasteiger partial charge is 0.238 e. The lowest BCUT2D eigenvalue weighted by atomic mass is 10.0. The average molecular weight is 302 g/mol. The predicted molar refractivity (Wildman–Crippen MR) is 89.3 cm³/mol. The van der Waals surface area contributed by atoms with Gasteiger partial charge in [0.2, 0.25) is 5.91 Å². The second-order valence-corrected chi connectivity index (χ2v) is 5.99. The van der Waals surface area contributed by atoms with Gasteiger partial charge in [0.25, 0.3) is 0 Å². The third-order valence-electron chi connectivity index (χ3n) is 4.50. The van der Waals surface area contributed by atoms with Crippen LogP contribution in [0, 0.1) is 11.8 Å². The van der Waals surface area contributed by atoms with Crippen molar-refractivity contribution in [3.8, 4) is 11.8 Å². The number of carbonyl (C=O) groups is 1. The highest BCUT2D eigenvalue weighted by Crippen LogP contribution is 2.35. The molecule has 0 spiro atoms. The molecule has 0 aromatic heterocycles. The number of benzene rings is 2. The number of nitrogens with zero attached hydrogens (tertiary/aromatic N) is 2. The van der Waals surface area contributed by atoms with Gasteiger partial charge in [-0.05, 0) is 36.2 Å². The molecule has 1 amide bonds. The summed E-state index contributed by atoms with van der Waals surface area (Å²) in [6.07, 6.45) is 1.66. The molecule has 23 heavy (non-hydrogen) atoms. The van der Waals surface area contributed by atoms with Crippen molar-refractivity contribution >= 4 is 5.91 Å². The van der Waals surface area contributed by atoms with E-state index >= 15 is 0 Å². The van der Waals surface area contributed by atoms with Gasteiger partial charge < -0.3 is 0 Å².